The third-order valence-electron chi connectivity index (χ3n) is 7.28. The maximum atomic E-state index is 9.75. The van der Waals surface area contributed by atoms with Gasteiger partial charge in [-0.05, 0) is 80.1 Å². The molecule has 0 N–H and O–H groups in total. The summed E-state index contributed by atoms with van der Waals surface area (Å²) < 4.78 is 42.4. The zero-order chi connectivity index (χ0) is 26.3. The van der Waals surface area contributed by atoms with Gasteiger partial charge in [0.2, 0.25) is 0 Å². The third-order valence-corrected chi connectivity index (χ3v) is 16.0. The van der Waals surface area contributed by atoms with Crippen LogP contribution in [0.3, 0.4) is 0 Å². The number of rotatable bonds is 2. The second-order valence-corrected chi connectivity index (χ2v) is 17.6. The molecular weight excluding hydrogens is 620 g/mol. The van der Waals surface area contributed by atoms with Gasteiger partial charge >= 0.3 is 7.25 Å². The summed E-state index contributed by atoms with van der Waals surface area (Å²) in [5.41, 5.74) is 3.69. The average Bonchev–Trinajstić information content (AvgIpc) is 3.41. The Kier molecular flexibility index (Phi) is 14.0. The Morgan fingerprint density at radius 3 is 1.49 bits per heavy atom. The molecule has 5 rings (SSSR count). The van der Waals surface area contributed by atoms with E-state index in [1.54, 1.807) is 10.1 Å². The van der Waals surface area contributed by atoms with Gasteiger partial charge in [-0.3, -0.25) is 0 Å². The minimum Gasteiger partial charge on any atom is -0.418 e. The van der Waals surface area contributed by atoms with Crippen LogP contribution in [0.4, 0.5) is 17.3 Å². The van der Waals surface area contributed by atoms with Crippen LogP contribution >= 0.6 is 27.2 Å². The predicted molar refractivity (Wildman–Crippen MR) is 158 cm³/mol. The summed E-state index contributed by atoms with van der Waals surface area (Å²) in [6, 6.07) is 9.29. The van der Waals surface area contributed by atoms with E-state index in [4.69, 9.17) is 0 Å². The van der Waals surface area contributed by atoms with Crippen LogP contribution in [-0.4, -0.2) is 29.9 Å². The van der Waals surface area contributed by atoms with Gasteiger partial charge in [0.15, 0.2) is 0 Å². The Morgan fingerprint density at radius 1 is 0.676 bits per heavy atom. The van der Waals surface area contributed by atoms with Crippen molar-refractivity contribution in [2.45, 2.75) is 102 Å². The Labute approximate surface area is 240 Å². The standard InChI is InChI=1S/C20H28P2S.C8H12.BF4.Rh/c1-13-9-10-14(2)21(13)19-17-7-5-6-8-18(17)23-20(19)22-15(3)11-12-16(22)4;1-2-4-6-8-7-5-3-1;2-1(3,4)5;/h5-8,13-16H,9-12H2,1-4H3;1-2,7-8H,3-6H2;;/q;;-1;/b;2-1-,8-7-;;/t13-,14-,15-,16-;;;/m0.../s1. The van der Waals surface area contributed by atoms with Gasteiger partial charge in [-0.1, -0.05) is 86.0 Å². The molecule has 0 nitrogen and oxygen atoms in total. The van der Waals surface area contributed by atoms with E-state index < -0.39 is 7.25 Å². The fourth-order valence-electron chi connectivity index (χ4n) is 5.53. The maximum absolute atomic E-state index is 9.75. The molecule has 3 aliphatic rings. The molecule has 1 aromatic heterocycles. The summed E-state index contributed by atoms with van der Waals surface area (Å²) in [5.74, 6) is 0. The number of fused-ring (bicyclic) bond motifs is 1. The van der Waals surface area contributed by atoms with Crippen molar-refractivity contribution >= 4 is 54.4 Å². The Morgan fingerprint density at radius 2 is 1.05 bits per heavy atom. The zero-order valence-corrected chi connectivity index (χ0v) is 26.6. The molecule has 1 aromatic carbocycles. The molecule has 0 spiro atoms. The topological polar surface area (TPSA) is 0 Å². The first-order valence-electron chi connectivity index (χ1n) is 13.3. The normalized spacial score (nSPS) is 28.2. The SMILES string of the molecule is C1=C\CC/C=C\CC/1.C[C@H]1CC[C@H](C)P1c1sc2ccccc2c1P1[C@@H](C)CC[C@@H]1C.F[B-](F)(F)F.[Rh]. The van der Waals surface area contributed by atoms with E-state index in [-0.39, 0.29) is 35.3 Å². The molecule has 2 saturated heterocycles. The van der Waals surface area contributed by atoms with Crippen molar-refractivity contribution in [2.24, 2.45) is 0 Å². The Hall–Kier alpha value is -0.0717. The van der Waals surface area contributed by atoms with Crippen LogP contribution in [0.25, 0.3) is 10.1 Å². The van der Waals surface area contributed by atoms with E-state index in [1.807, 2.05) is 9.92 Å². The van der Waals surface area contributed by atoms with E-state index in [9.17, 15) is 17.3 Å². The van der Waals surface area contributed by atoms with Crippen LogP contribution < -0.4 is 9.92 Å². The quantitative estimate of drug-likeness (QED) is 0.130. The fourth-order valence-corrected chi connectivity index (χ4v) is 15.6. The van der Waals surface area contributed by atoms with Gasteiger partial charge < -0.3 is 17.3 Å². The van der Waals surface area contributed by atoms with Gasteiger partial charge in [-0.25, -0.2) is 0 Å². The van der Waals surface area contributed by atoms with Gasteiger partial charge in [0.1, 0.15) is 0 Å². The largest absolute Gasteiger partial charge is 0.673 e. The van der Waals surface area contributed by atoms with Crippen LogP contribution in [-0.2, 0) is 19.5 Å². The number of hydrogen-bond donors (Lipinski definition) is 0. The number of benzene rings is 1. The first kappa shape index (κ1) is 33.1. The summed E-state index contributed by atoms with van der Waals surface area (Å²) in [5, 5.41) is 3.47. The molecule has 37 heavy (non-hydrogen) atoms. The minimum absolute atomic E-state index is 0. The number of allylic oxidation sites excluding steroid dienone is 4. The second kappa shape index (κ2) is 15.6. The molecule has 4 atom stereocenters. The molecule has 0 saturated carbocycles. The predicted octanol–water partition coefficient (Wildman–Crippen LogP) is 10.2. The maximum Gasteiger partial charge on any atom is 0.673 e. The van der Waals surface area contributed by atoms with Crippen molar-refractivity contribution in [3.8, 4) is 0 Å². The number of hydrogen-bond acceptors (Lipinski definition) is 1. The van der Waals surface area contributed by atoms with E-state index in [1.165, 1.54) is 51.4 Å². The van der Waals surface area contributed by atoms with Crippen molar-refractivity contribution in [2.75, 3.05) is 0 Å². The molecule has 1 aliphatic carbocycles. The first-order valence-corrected chi connectivity index (χ1v) is 17.1. The van der Waals surface area contributed by atoms with Crippen LogP contribution in [0.1, 0.15) is 79.1 Å². The van der Waals surface area contributed by atoms with Gasteiger partial charge in [0.25, 0.3) is 0 Å². The summed E-state index contributed by atoms with van der Waals surface area (Å²) >= 11 is 2.16. The summed E-state index contributed by atoms with van der Waals surface area (Å²) in [7, 11) is -5.92. The second-order valence-electron chi connectivity index (χ2n) is 10.2. The summed E-state index contributed by atoms with van der Waals surface area (Å²) in [4.78, 5) is 0. The third kappa shape index (κ3) is 9.81. The minimum atomic E-state index is -6.00. The van der Waals surface area contributed by atoms with Crippen LogP contribution in [0, 0.1) is 0 Å². The van der Waals surface area contributed by atoms with Crippen molar-refractivity contribution in [1.29, 1.82) is 0 Å². The Balaban J connectivity index is 0.000000286. The van der Waals surface area contributed by atoms with Crippen molar-refractivity contribution < 1.29 is 36.7 Å². The summed E-state index contributed by atoms with van der Waals surface area (Å²) in [6.45, 7) is 10.1. The van der Waals surface area contributed by atoms with Crippen LogP contribution in [0.5, 0.6) is 0 Å². The van der Waals surface area contributed by atoms with E-state index >= 15 is 0 Å². The molecule has 1 radical (unpaired) electrons. The van der Waals surface area contributed by atoms with E-state index in [2.05, 4.69) is 87.6 Å². The van der Waals surface area contributed by atoms with Crippen LogP contribution in [0.15, 0.2) is 48.6 Å². The molecule has 0 unspecified atom stereocenters. The molecule has 209 valence electrons. The smallest absolute Gasteiger partial charge is 0.418 e. The fraction of sp³-hybridized carbons (Fsp3) is 0.571. The average molecular weight is 660 g/mol. The summed E-state index contributed by atoms with van der Waals surface area (Å²) in [6.07, 6.45) is 19.8. The van der Waals surface area contributed by atoms with Crippen LogP contribution in [0.2, 0.25) is 0 Å². The van der Waals surface area contributed by atoms with Crippen molar-refractivity contribution in [3.63, 3.8) is 0 Å². The molecule has 3 heterocycles. The van der Waals surface area contributed by atoms with Gasteiger partial charge in [-0.15, -0.1) is 11.3 Å². The number of halogens is 4. The monoisotopic (exact) mass is 660 g/mol. The molecule has 2 aromatic rings. The van der Waals surface area contributed by atoms with E-state index in [0.29, 0.717) is 0 Å². The molecule has 0 amide bonds. The first-order chi connectivity index (χ1) is 17.1. The zero-order valence-electron chi connectivity index (χ0n) is 22.3. The molecule has 2 aliphatic heterocycles. The molecular formula is C28H40BF4P2RhS-. The molecule has 2 fully saturated rings. The van der Waals surface area contributed by atoms with Crippen molar-refractivity contribution in [3.05, 3.63) is 48.6 Å². The van der Waals surface area contributed by atoms with Gasteiger partial charge in [-0.2, -0.15) is 0 Å². The molecule has 9 heteroatoms. The van der Waals surface area contributed by atoms with Gasteiger partial charge in [0, 0.05) is 39.5 Å². The van der Waals surface area contributed by atoms with E-state index in [0.717, 1.165) is 22.6 Å². The van der Waals surface area contributed by atoms with Gasteiger partial charge in [0.05, 0.1) is 0 Å². The molecule has 0 bridgehead atoms. The van der Waals surface area contributed by atoms with Crippen molar-refractivity contribution in [1.82, 2.24) is 0 Å². The number of thiophene rings is 1. The Bertz CT molecular complexity index is 973.